The monoisotopic (exact) mass is 393 g/mol. The van der Waals surface area contributed by atoms with Gasteiger partial charge in [0.05, 0.1) is 17.2 Å². The summed E-state index contributed by atoms with van der Waals surface area (Å²) in [6.45, 7) is 0.0824. The molecule has 0 fully saturated rings. The molecule has 10 nitrogen and oxygen atoms in total. The lowest BCUT2D eigenvalue weighted by Gasteiger charge is -2.37. The number of hydrogen-bond donors (Lipinski definition) is 5. The van der Waals surface area contributed by atoms with Crippen molar-refractivity contribution in [1.82, 2.24) is 4.90 Å². The van der Waals surface area contributed by atoms with Crippen LogP contribution in [0.4, 0.5) is 0 Å². The van der Waals surface area contributed by atoms with Gasteiger partial charge >= 0.3 is 11.9 Å². The molecule has 0 aromatic heterocycles. The number of nitrogens with zero attached hydrogens (tertiary/aromatic N) is 1. The molecular formula is C18H23N3O7. The molecule has 0 bridgehead atoms. The summed E-state index contributed by atoms with van der Waals surface area (Å²) in [7, 11) is 0. The van der Waals surface area contributed by atoms with Gasteiger partial charge < -0.3 is 26.8 Å². The first-order valence-electron chi connectivity index (χ1n) is 8.76. The summed E-state index contributed by atoms with van der Waals surface area (Å²) in [5, 5.41) is 29.6. The molecule has 0 saturated heterocycles. The van der Waals surface area contributed by atoms with Gasteiger partial charge in [-0.25, -0.2) is 4.79 Å². The molecule has 152 valence electrons. The van der Waals surface area contributed by atoms with Gasteiger partial charge in [-0.05, 0) is 44.4 Å². The van der Waals surface area contributed by atoms with Crippen LogP contribution in [0.15, 0.2) is 24.3 Å². The third kappa shape index (κ3) is 3.88. The number of carboxylic acid groups (broad SMARTS) is 2. The fourth-order valence-corrected chi connectivity index (χ4v) is 3.32. The van der Waals surface area contributed by atoms with Crippen molar-refractivity contribution in [2.45, 2.75) is 43.4 Å². The number of imide groups is 1. The van der Waals surface area contributed by atoms with E-state index in [2.05, 4.69) is 0 Å². The van der Waals surface area contributed by atoms with E-state index in [1.165, 1.54) is 12.1 Å². The fraction of sp³-hybridized carbons (Fsp3) is 0.444. The van der Waals surface area contributed by atoms with Crippen molar-refractivity contribution in [3.05, 3.63) is 35.4 Å². The molecule has 10 heteroatoms. The Bertz CT molecular complexity index is 762. The van der Waals surface area contributed by atoms with Gasteiger partial charge in [0.25, 0.3) is 11.8 Å². The van der Waals surface area contributed by atoms with Crippen LogP contribution in [0, 0.1) is 0 Å². The van der Waals surface area contributed by atoms with E-state index in [4.69, 9.17) is 16.6 Å². The second-order valence-electron chi connectivity index (χ2n) is 6.69. The SMILES string of the molecule is NCCCC(O)(C(=O)O)C(CCC(N)C(=O)O)N1C(=O)c2ccccc2C1=O. The average Bonchev–Trinajstić information content (AvgIpc) is 2.91. The predicted octanol–water partition coefficient (Wildman–Crippen LogP) is -0.602. The number of aliphatic hydroxyl groups is 1. The van der Waals surface area contributed by atoms with Crippen LogP contribution in [-0.2, 0) is 9.59 Å². The maximum absolute atomic E-state index is 12.8. The number of aliphatic carboxylic acids is 2. The van der Waals surface area contributed by atoms with Crippen LogP contribution in [0.25, 0.3) is 0 Å². The second-order valence-corrected chi connectivity index (χ2v) is 6.69. The Balaban J connectivity index is 2.46. The first kappa shape index (κ1) is 21.5. The van der Waals surface area contributed by atoms with Gasteiger partial charge in [-0.2, -0.15) is 0 Å². The van der Waals surface area contributed by atoms with Gasteiger partial charge in [0.1, 0.15) is 6.04 Å². The van der Waals surface area contributed by atoms with E-state index in [0.29, 0.717) is 4.90 Å². The normalized spacial score (nSPS) is 17.8. The molecule has 1 aliphatic rings. The van der Waals surface area contributed by atoms with E-state index in [9.17, 15) is 29.4 Å². The van der Waals surface area contributed by atoms with Gasteiger partial charge in [-0.15, -0.1) is 0 Å². The van der Waals surface area contributed by atoms with Crippen molar-refractivity contribution >= 4 is 23.8 Å². The van der Waals surface area contributed by atoms with Gasteiger partial charge in [-0.1, -0.05) is 12.1 Å². The molecule has 0 spiro atoms. The fourth-order valence-electron chi connectivity index (χ4n) is 3.32. The maximum Gasteiger partial charge on any atom is 0.337 e. The van der Waals surface area contributed by atoms with Crippen LogP contribution in [0.1, 0.15) is 46.4 Å². The molecule has 28 heavy (non-hydrogen) atoms. The molecule has 1 aromatic rings. The largest absolute Gasteiger partial charge is 0.480 e. The quantitative estimate of drug-likeness (QED) is 0.324. The number of carboxylic acids is 2. The highest BCUT2D eigenvalue weighted by atomic mass is 16.4. The molecule has 2 amide bonds. The highest BCUT2D eigenvalue weighted by molar-refractivity contribution is 6.21. The number of rotatable bonds is 10. The predicted molar refractivity (Wildman–Crippen MR) is 96.4 cm³/mol. The third-order valence-electron chi connectivity index (χ3n) is 4.89. The lowest BCUT2D eigenvalue weighted by atomic mass is 9.84. The van der Waals surface area contributed by atoms with Crippen LogP contribution in [0.3, 0.4) is 0 Å². The lowest BCUT2D eigenvalue weighted by Crippen LogP contribution is -2.59. The first-order valence-corrected chi connectivity index (χ1v) is 8.76. The van der Waals surface area contributed by atoms with Gasteiger partial charge in [-0.3, -0.25) is 19.3 Å². The Kier molecular flexibility index (Phi) is 6.49. The summed E-state index contributed by atoms with van der Waals surface area (Å²) in [5.74, 6) is -4.45. The molecular weight excluding hydrogens is 370 g/mol. The Morgan fingerprint density at radius 2 is 1.61 bits per heavy atom. The second kappa shape index (κ2) is 8.46. The van der Waals surface area contributed by atoms with Crippen LogP contribution in [0.5, 0.6) is 0 Å². The Morgan fingerprint density at radius 1 is 1.07 bits per heavy atom. The molecule has 3 atom stereocenters. The molecule has 0 aliphatic carbocycles. The maximum atomic E-state index is 12.8. The summed E-state index contributed by atoms with van der Waals surface area (Å²) in [5.41, 5.74) is 8.61. The number of carbonyl (C=O) groups excluding carboxylic acids is 2. The van der Waals surface area contributed by atoms with Gasteiger partial charge in [0.2, 0.25) is 0 Å². The Morgan fingerprint density at radius 3 is 2.04 bits per heavy atom. The molecule has 0 radical (unpaired) electrons. The third-order valence-corrected chi connectivity index (χ3v) is 4.89. The number of benzene rings is 1. The van der Waals surface area contributed by atoms with Crippen molar-refractivity contribution in [2.75, 3.05) is 6.54 Å². The average molecular weight is 393 g/mol. The molecule has 7 N–H and O–H groups in total. The summed E-state index contributed by atoms with van der Waals surface area (Å²) >= 11 is 0. The van der Waals surface area contributed by atoms with E-state index in [1.54, 1.807) is 12.1 Å². The zero-order valence-electron chi connectivity index (χ0n) is 15.1. The lowest BCUT2D eigenvalue weighted by molar-refractivity contribution is -0.165. The van der Waals surface area contributed by atoms with Gasteiger partial charge in [0.15, 0.2) is 5.60 Å². The van der Waals surface area contributed by atoms with Crippen molar-refractivity contribution in [3.8, 4) is 0 Å². The minimum atomic E-state index is -2.50. The Hall–Kier alpha value is -2.82. The van der Waals surface area contributed by atoms with Crippen molar-refractivity contribution in [1.29, 1.82) is 0 Å². The van der Waals surface area contributed by atoms with Crippen LogP contribution in [-0.4, -0.2) is 68.2 Å². The molecule has 2 rings (SSSR count). The topological polar surface area (TPSA) is 184 Å². The minimum absolute atomic E-state index is 0.0824. The summed E-state index contributed by atoms with van der Waals surface area (Å²) in [6.07, 6.45) is -0.745. The summed E-state index contributed by atoms with van der Waals surface area (Å²) in [6, 6.07) is 3.12. The molecule has 3 unspecified atom stereocenters. The Labute approximate surface area is 160 Å². The standard InChI is InChI=1S/C18H23N3O7/c19-9-3-8-18(28,17(26)27)13(7-6-12(20)16(24)25)21-14(22)10-4-1-2-5-11(10)15(21)23/h1-2,4-5,12-13,28H,3,6-9,19-20H2,(H,24,25)(H,26,27). The molecule has 1 aromatic carbocycles. The minimum Gasteiger partial charge on any atom is -0.480 e. The van der Waals surface area contributed by atoms with Crippen molar-refractivity contribution in [3.63, 3.8) is 0 Å². The zero-order chi connectivity index (χ0) is 21.1. The summed E-state index contributed by atoms with van der Waals surface area (Å²) in [4.78, 5) is 49.2. The van der Waals surface area contributed by atoms with E-state index >= 15 is 0 Å². The highest BCUT2D eigenvalue weighted by Gasteiger charge is 2.52. The molecule has 1 aliphatic heterocycles. The zero-order valence-corrected chi connectivity index (χ0v) is 15.1. The number of hydrogen-bond acceptors (Lipinski definition) is 7. The molecule has 0 saturated carbocycles. The van der Waals surface area contributed by atoms with E-state index in [0.717, 1.165) is 0 Å². The number of amides is 2. The van der Waals surface area contributed by atoms with Crippen LogP contribution in [0.2, 0.25) is 0 Å². The van der Waals surface area contributed by atoms with E-state index in [1.807, 2.05) is 0 Å². The van der Waals surface area contributed by atoms with E-state index in [-0.39, 0.29) is 43.4 Å². The van der Waals surface area contributed by atoms with Crippen molar-refractivity contribution < 1.29 is 34.5 Å². The molecule has 1 heterocycles. The number of nitrogens with two attached hydrogens (primary N) is 2. The highest BCUT2D eigenvalue weighted by Crippen LogP contribution is 2.33. The van der Waals surface area contributed by atoms with Crippen LogP contribution < -0.4 is 11.5 Å². The summed E-state index contributed by atoms with van der Waals surface area (Å²) < 4.78 is 0. The smallest absolute Gasteiger partial charge is 0.337 e. The van der Waals surface area contributed by atoms with Gasteiger partial charge in [0, 0.05) is 0 Å². The van der Waals surface area contributed by atoms with E-state index < -0.39 is 41.4 Å². The number of fused-ring (bicyclic) bond motifs is 1. The number of carbonyl (C=O) groups is 4. The van der Waals surface area contributed by atoms with Crippen molar-refractivity contribution in [2.24, 2.45) is 11.5 Å². The first-order chi connectivity index (χ1) is 13.1. The van der Waals surface area contributed by atoms with Crippen LogP contribution >= 0.6 is 0 Å².